The molecule has 1 aliphatic heterocycles. The van der Waals surface area contributed by atoms with Gasteiger partial charge >= 0.3 is 12.1 Å². The van der Waals surface area contributed by atoms with Crippen molar-refractivity contribution in [3.63, 3.8) is 0 Å². The molecule has 1 amide bonds. The van der Waals surface area contributed by atoms with E-state index in [1.807, 2.05) is 0 Å². The number of unbranched alkanes of at least 4 members (excludes halogenated alkanes) is 4. The smallest absolute Gasteiger partial charge is 0.410 e. The molecule has 122 valence electrons. The van der Waals surface area contributed by atoms with Gasteiger partial charge in [-0.1, -0.05) is 32.6 Å². The molecule has 1 fully saturated rings. The van der Waals surface area contributed by atoms with Gasteiger partial charge in [-0.3, -0.25) is 4.90 Å². The number of hydrogen-bond donors (Lipinski definition) is 0. The van der Waals surface area contributed by atoms with E-state index in [-0.39, 0.29) is 5.97 Å². The van der Waals surface area contributed by atoms with Gasteiger partial charge in [-0.15, -0.1) is 0 Å². The minimum absolute atomic E-state index is 0.279. The van der Waals surface area contributed by atoms with Gasteiger partial charge in [0.05, 0.1) is 13.2 Å². The van der Waals surface area contributed by atoms with E-state index in [9.17, 15) is 9.59 Å². The van der Waals surface area contributed by atoms with Crippen LogP contribution in [0.15, 0.2) is 0 Å². The number of rotatable bonds is 8. The van der Waals surface area contributed by atoms with Gasteiger partial charge in [0, 0.05) is 6.54 Å². The Labute approximate surface area is 128 Å². The highest BCUT2D eigenvalue weighted by molar-refractivity contribution is 5.81. The number of likely N-dealkylation sites (tertiary alicyclic amines) is 1. The first-order valence-corrected chi connectivity index (χ1v) is 8.30. The van der Waals surface area contributed by atoms with Gasteiger partial charge in [-0.25, -0.2) is 9.59 Å². The summed E-state index contributed by atoms with van der Waals surface area (Å²) in [4.78, 5) is 25.5. The highest BCUT2D eigenvalue weighted by Crippen LogP contribution is 2.19. The number of carbonyl (C=O) groups excluding carboxylic acids is 2. The highest BCUT2D eigenvalue weighted by atomic mass is 16.6. The van der Waals surface area contributed by atoms with Gasteiger partial charge in [-0.05, 0) is 32.6 Å². The summed E-state index contributed by atoms with van der Waals surface area (Å²) in [6, 6.07) is -0.464. The molecule has 0 aromatic heterocycles. The Kier molecular flexibility index (Phi) is 8.87. The van der Waals surface area contributed by atoms with E-state index in [1.54, 1.807) is 6.92 Å². The summed E-state index contributed by atoms with van der Waals surface area (Å²) in [5, 5.41) is 0. The molecule has 1 atom stereocenters. The van der Waals surface area contributed by atoms with Crippen LogP contribution in [0.2, 0.25) is 0 Å². The highest BCUT2D eigenvalue weighted by Gasteiger charge is 2.34. The first kappa shape index (κ1) is 17.8. The fourth-order valence-electron chi connectivity index (χ4n) is 2.58. The van der Waals surface area contributed by atoms with Crippen LogP contribution in [0.5, 0.6) is 0 Å². The summed E-state index contributed by atoms with van der Waals surface area (Å²) in [7, 11) is 0. The molecule has 5 nitrogen and oxygen atoms in total. The number of amides is 1. The summed E-state index contributed by atoms with van der Waals surface area (Å²) in [6.45, 7) is 5.30. The normalized spacial score (nSPS) is 18.4. The molecular weight excluding hydrogens is 270 g/mol. The van der Waals surface area contributed by atoms with Crippen LogP contribution in [-0.2, 0) is 14.3 Å². The molecule has 1 rings (SSSR count). The number of hydrogen-bond acceptors (Lipinski definition) is 4. The van der Waals surface area contributed by atoms with Crippen LogP contribution in [0.4, 0.5) is 4.79 Å². The second-order valence-corrected chi connectivity index (χ2v) is 5.49. The monoisotopic (exact) mass is 299 g/mol. The van der Waals surface area contributed by atoms with Crippen LogP contribution >= 0.6 is 0 Å². The fourth-order valence-corrected chi connectivity index (χ4v) is 2.58. The zero-order valence-corrected chi connectivity index (χ0v) is 13.4. The van der Waals surface area contributed by atoms with Crippen molar-refractivity contribution in [2.75, 3.05) is 19.8 Å². The van der Waals surface area contributed by atoms with E-state index in [2.05, 4.69) is 6.92 Å². The number of piperidine rings is 1. The van der Waals surface area contributed by atoms with E-state index >= 15 is 0 Å². The van der Waals surface area contributed by atoms with Crippen LogP contribution < -0.4 is 0 Å². The molecule has 0 radical (unpaired) electrons. The number of ether oxygens (including phenoxy) is 2. The van der Waals surface area contributed by atoms with Crippen molar-refractivity contribution in [1.82, 2.24) is 4.90 Å². The van der Waals surface area contributed by atoms with Gasteiger partial charge in [0.15, 0.2) is 0 Å². The van der Waals surface area contributed by atoms with Crippen LogP contribution in [0, 0.1) is 0 Å². The maximum Gasteiger partial charge on any atom is 0.410 e. The predicted molar refractivity (Wildman–Crippen MR) is 81.1 cm³/mol. The van der Waals surface area contributed by atoms with Crippen molar-refractivity contribution >= 4 is 12.1 Å². The van der Waals surface area contributed by atoms with Crippen molar-refractivity contribution in [1.29, 1.82) is 0 Å². The minimum atomic E-state index is -0.464. The Morgan fingerprint density at radius 3 is 2.52 bits per heavy atom. The second kappa shape index (κ2) is 10.5. The van der Waals surface area contributed by atoms with Crippen molar-refractivity contribution in [3.8, 4) is 0 Å². The molecule has 0 aromatic rings. The Morgan fingerprint density at radius 1 is 1.05 bits per heavy atom. The van der Waals surface area contributed by atoms with E-state index in [0.29, 0.717) is 26.2 Å². The molecule has 21 heavy (non-hydrogen) atoms. The molecule has 1 saturated heterocycles. The van der Waals surface area contributed by atoms with Gasteiger partial charge in [-0.2, -0.15) is 0 Å². The average molecular weight is 299 g/mol. The molecule has 1 unspecified atom stereocenters. The zero-order valence-electron chi connectivity index (χ0n) is 13.4. The number of nitrogens with zero attached hydrogens (tertiary/aromatic N) is 1. The third kappa shape index (κ3) is 6.36. The maximum atomic E-state index is 12.1. The summed E-state index contributed by atoms with van der Waals surface area (Å²) in [5.41, 5.74) is 0. The van der Waals surface area contributed by atoms with E-state index in [1.165, 1.54) is 24.2 Å². The van der Waals surface area contributed by atoms with Gasteiger partial charge in [0.1, 0.15) is 6.04 Å². The van der Waals surface area contributed by atoms with Gasteiger partial charge in [0.25, 0.3) is 0 Å². The average Bonchev–Trinajstić information content (AvgIpc) is 2.50. The Morgan fingerprint density at radius 2 is 1.81 bits per heavy atom. The van der Waals surface area contributed by atoms with Crippen LogP contribution in [0.3, 0.4) is 0 Å². The summed E-state index contributed by atoms with van der Waals surface area (Å²) >= 11 is 0. The molecule has 1 heterocycles. The third-order valence-electron chi connectivity index (χ3n) is 3.77. The molecule has 0 aliphatic carbocycles. The lowest BCUT2D eigenvalue weighted by Crippen LogP contribution is -2.48. The maximum absolute atomic E-state index is 12.1. The molecule has 5 heteroatoms. The molecule has 1 aliphatic rings. The van der Waals surface area contributed by atoms with Crippen molar-refractivity contribution in [3.05, 3.63) is 0 Å². The third-order valence-corrected chi connectivity index (χ3v) is 3.77. The number of esters is 1. The van der Waals surface area contributed by atoms with E-state index in [0.717, 1.165) is 25.7 Å². The largest absolute Gasteiger partial charge is 0.464 e. The van der Waals surface area contributed by atoms with Crippen molar-refractivity contribution < 1.29 is 19.1 Å². The van der Waals surface area contributed by atoms with Crippen LogP contribution in [-0.4, -0.2) is 42.8 Å². The molecule has 0 N–H and O–H groups in total. The van der Waals surface area contributed by atoms with Crippen LogP contribution in [0.25, 0.3) is 0 Å². The summed E-state index contributed by atoms with van der Waals surface area (Å²) < 4.78 is 10.3. The Balaban J connectivity index is 2.33. The van der Waals surface area contributed by atoms with Crippen molar-refractivity contribution in [2.24, 2.45) is 0 Å². The summed E-state index contributed by atoms with van der Waals surface area (Å²) in [5.74, 6) is -0.279. The predicted octanol–water partition coefficient (Wildman–Crippen LogP) is 3.51. The lowest BCUT2D eigenvalue weighted by atomic mass is 10.0. The first-order valence-electron chi connectivity index (χ1n) is 8.30. The molecule has 0 spiro atoms. The van der Waals surface area contributed by atoms with Crippen LogP contribution in [0.1, 0.15) is 65.2 Å². The fraction of sp³-hybridized carbons (Fsp3) is 0.875. The molecule has 0 bridgehead atoms. The van der Waals surface area contributed by atoms with Gasteiger partial charge in [0.2, 0.25) is 0 Å². The molecule has 0 aromatic carbocycles. The Hall–Kier alpha value is -1.26. The standard InChI is InChI=1S/C16H29NO4/c1-3-5-6-7-10-13-21-15(18)14-11-8-9-12-17(14)16(19)20-4-2/h14H,3-13H2,1-2H3. The minimum Gasteiger partial charge on any atom is -0.464 e. The molecule has 0 saturated carbocycles. The Bertz CT molecular complexity index is 319. The quantitative estimate of drug-likeness (QED) is 0.508. The lowest BCUT2D eigenvalue weighted by Gasteiger charge is -2.33. The second-order valence-electron chi connectivity index (χ2n) is 5.49. The van der Waals surface area contributed by atoms with Gasteiger partial charge < -0.3 is 9.47 Å². The summed E-state index contributed by atoms with van der Waals surface area (Å²) in [6.07, 6.45) is 7.75. The van der Waals surface area contributed by atoms with E-state index in [4.69, 9.17) is 9.47 Å². The number of carbonyl (C=O) groups is 2. The van der Waals surface area contributed by atoms with E-state index < -0.39 is 12.1 Å². The molecular formula is C16H29NO4. The van der Waals surface area contributed by atoms with Crippen molar-refractivity contribution in [2.45, 2.75) is 71.3 Å². The first-order chi connectivity index (χ1) is 10.2. The topological polar surface area (TPSA) is 55.8 Å². The SMILES string of the molecule is CCCCCCCOC(=O)C1CCCCN1C(=O)OCC. The lowest BCUT2D eigenvalue weighted by molar-refractivity contribution is -0.150. The zero-order chi connectivity index (χ0) is 15.5.